The Morgan fingerprint density at radius 2 is 1.91 bits per heavy atom. The first-order valence-electron chi connectivity index (χ1n) is 15.3. The number of hydrogen-bond donors (Lipinski definition) is 2. The van der Waals surface area contributed by atoms with E-state index in [1.165, 1.54) is 24.5 Å². The zero-order valence-electron chi connectivity index (χ0n) is 27.4. The molecule has 2 N–H and O–H groups in total. The Morgan fingerprint density at radius 1 is 1.17 bits per heavy atom. The fraction of sp³-hybridized carbons (Fsp3) is 0.500. The Hall–Kier alpha value is -3.70. The van der Waals surface area contributed by atoms with Crippen molar-refractivity contribution >= 4 is 52.8 Å². The fourth-order valence-corrected chi connectivity index (χ4v) is 5.51. The van der Waals surface area contributed by atoms with Crippen LogP contribution in [0, 0.1) is 24.2 Å². The van der Waals surface area contributed by atoms with Gasteiger partial charge in [-0.3, -0.25) is 14.4 Å². The molecule has 2 amide bonds. The molecule has 1 aliphatic rings. The second kappa shape index (κ2) is 16.7. The third kappa shape index (κ3) is 11.0. The van der Waals surface area contributed by atoms with Crippen molar-refractivity contribution in [2.75, 3.05) is 13.7 Å². The number of aryl methyl sites for hydroxylation is 1. The van der Waals surface area contributed by atoms with Crippen LogP contribution < -0.4 is 15.4 Å². The van der Waals surface area contributed by atoms with Crippen LogP contribution in [0.4, 0.5) is 0 Å². The number of aromatic nitrogens is 1. The molecule has 1 aromatic carbocycles. The Bertz CT molecular complexity index is 1450. The molecule has 1 aromatic heterocycles. The predicted octanol–water partition coefficient (Wildman–Crippen LogP) is 5.46. The molecular weight excluding hydrogens is 630 g/mol. The van der Waals surface area contributed by atoms with E-state index in [2.05, 4.69) is 15.6 Å². The molecule has 46 heavy (non-hydrogen) atoms. The van der Waals surface area contributed by atoms with Crippen LogP contribution in [0.2, 0.25) is 5.02 Å². The van der Waals surface area contributed by atoms with E-state index < -0.39 is 47.4 Å². The van der Waals surface area contributed by atoms with Gasteiger partial charge in [-0.15, -0.1) is 11.3 Å². The summed E-state index contributed by atoms with van der Waals surface area (Å²) in [5, 5.41) is 8.75. The van der Waals surface area contributed by atoms with E-state index in [1.54, 1.807) is 38.1 Å². The minimum atomic E-state index is -1.19. The summed E-state index contributed by atoms with van der Waals surface area (Å²) in [5.74, 6) is -2.09. The summed E-state index contributed by atoms with van der Waals surface area (Å²) < 4.78 is 16.9. The van der Waals surface area contributed by atoms with Gasteiger partial charge in [-0.25, -0.2) is 9.78 Å². The Balaban J connectivity index is 1.93. The third-order valence-corrected chi connectivity index (χ3v) is 8.53. The van der Waals surface area contributed by atoms with Crippen molar-refractivity contribution in [3.8, 4) is 5.75 Å². The number of ether oxygens (including phenoxy) is 3. The first kappa shape index (κ1) is 36.8. The second-order valence-electron chi connectivity index (χ2n) is 12.5. The molecule has 0 saturated carbocycles. The van der Waals surface area contributed by atoms with Gasteiger partial charge < -0.3 is 24.8 Å². The van der Waals surface area contributed by atoms with E-state index >= 15 is 0 Å². The molecule has 12 heteroatoms. The van der Waals surface area contributed by atoms with Crippen molar-refractivity contribution < 1.29 is 33.4 Å². The fourth-order valence-electron chi connectivity index (χ4n) is 4.65. The van der Waals surface area contributed by atoms with E-state index in [4.69, 9.17) is 25.8 Å². The number of carbonyl (C=O) groups excluding carboxylic acids is 4. The van der Waals surface area contributed by atoms with Crippen LogP contribution in [0.25, 0.3) is 6.08 Å². The van der Waals surface area contributed by atoms with Crippen molar-refractivity contribution in [3.63, 3.8) is 0 Å². The summed E-state index contributed by atoms with van der Waals surface area (Å²) in [6.07, 6.45) is 5.44. The molecular formula is C34H44ClN3O7S. The molecule has 3 rings (SSSR count). The lowest BCUT2D eigenvalue weighted by Crippen LogP contribution is -2.51. The number of hydrogen-bond acceptors (Lipinski definition) is 9. The van der Waals surface area contributed by atoms with Crippen LogP contribution in [0.1, 0.15) is 63.7 Å². The lowest BCUT2D eigenvalue weighted by Gasteiger charge is -2.29. The van der Waals surface area contributed by atoms with Crippen LogP contribution >= 0.6 is 22.9 Å². The summed E-state index contributed by atoms with van der Waals surface area (Å²) >= 11 is 7.84. The number of halogens is 1. The Kier molecular flexibility index (Phi) is 13.4. The molecule has 1 unspecified atom stereocenters. The van der Waals surface area contributed by atoms with Gasteiger partial charge in [0.15, 0.2) is 6.10 Å². The van der Waals surface area contributed by atoms with Crippen LogP contribution in [0.15, 0.2) is 41.8 Å². The zero-order valence-corrected chi connectivity index (χ0v) is 29.0. The zero-order chi connectivity index (χ0) is 34.0. The number of esters is 2. The topological polar surface area (TPSA) is 133 Å². The van der Waals surface area contributed by atoms with E-state index in [1.807, 2.05) is 45.2 Å². The highest BCUT2D eigenvalue weighted by Crippen LogP contribution is 2.26. The minimum absolute atomic E-state index is 0.0262. The first-order valence-corrected chi connectivity index (χ1v) is 16.5. The average Bonchev–Trinajstić information content (AvgIpc) is 3.41. The first-order chi connectivity index (χ1) is 21.7. The van der Waals surface area contributed by atoms with Gasteiger partial charge in [-0.1, -0.05) is 50.6 Å². The molecule has 2 heterocycles. The highest BCUT2D eigenvalue weighted by molar-refractivity contribution is 7.09. The number of cyclic esters (lactones) is 2. The van der Waals surface area contributed by atoms with Crippen molar-refractivity contribution in [1.82, 2.24) is 15.6 Å². The molecule has 0 radical (unpaired) electrons. The van der Waals surface area contributed by atoms with Gasteiger partial charge in [0.1, 0.15) is 17.9 Å². The molecule has 250 valence electrons. The quantitative estimate of drug-likeness (QED) is 0.353. The van der Waals surface area contributed by atoms with Crippen LogP contribution in [-0.2, 0) is 35.1 Å². The maximum absolute atomic E-state index is 13.5. The Labute approximate surface area is 279 Å². The van der Waals surface area contributed by atoms with Crippen LogP contribution in [0.5, 0.6) is 5.75 Å². The molecule has 10 nitrogen and oxygen atoms in total. The molecule has 0 saturated heterocycles. The predicted molar refractivity (Wildman–Crippen MR) is 178 cm³/mol. The standard InChI is InChI=1S/C34H44ClN3O7S/c1-20(2)15-29-32(41)44-27(21(3)11-13-24-18-46-22(4)37-24)9-8-10-30(39)38-26(17-23-12-14-28(43-7)25(35)16-23)31(40)36-19-34(5,6)33(42)45-29/h8,10-14,16,18,20-21,26-27,29H,9,15,17,19H2,1-7H3,(H,36,40)(H,38,39)/b10-8+,13-11+/t21-,26?,27-,29+/m1/s1. The van der Waals surface area contributed by atoms with Crippen molar-refractivity contribution in [2.24, 2.45) is 17.3 Å². The highest BCUT2D eigenvalue weighted by Gasteiger charge is 2.37. The third-order valence-electron chi connectivity index (χ3n) is 7.44. The number of nitrogens with one attached hydrogen (secondary N) is 2. The number of methoxy groups -OCH3 is 1. The number of thiazole rings is 1. The van der Waals surface area contributed by atoms with E-state index in [0.717, 1.165) is 10.7 Å². The molecule has 1 aliphatic heterocycles. The van der Waals surface area contributed by atoms with Gasteiger partial charge in [-0.05, 0) is 63.0 Å². The largest absolute Gasteiger partial charge is 0.495 e. The summed E-state index contributed by atoms with van der Waals surface area (Å²) in [6, 6.07) is 4.14. The molecule has 4 atom stereocenters. The van der Waals surface area contributed by atoms with Crippen LogP contribution in [-0.4, -0.2) is 60.6 Å². The SMILES string of the molecule is COc1ccc(CC2NC(=O)/C=C/C[C@H]([C@H](C)/C=C/c3csc(C)n3)OC(=O)[C@H](CC(C)C)OC(=O)C(C)(C)CNC2=O)cc1Cl. The average molecular weight is 674 g/mol. The molecule has 0 fully saturated rings. The molecule has 2 aromatic rings. The maximum Gasteiger partial charge on any atom is 0.347 e. The van der Waals surface area contributed by atoms with Gasteiger partial charge in [0, 0.05) is 30.7 Å². The summed E-state index contributed by atoms with van der Waals surface area (Å²) in [7, 11) is 1.50. The van der Waals surface area contributed by atoms with E-state index in [9.17, 15) is 19.2 Å². The van der Waals surface area contributed by atoms with Gasteiger partial charge in [0.25, 0.3) is 0 Å². The Morgan fingerprint density at radius 3 is 2.54 bits per heavy atom. The molecule has 0 aliphatic carbocycles. The van der Waals surface area contributed by atoms with E-state index in [-0.39, 0.29) is 37.6 Å². The van der Waals surface area contributed by atoms with E-state index in [0.29, 0.717) is 16.3 Å². The minimum Gasteiger partial charge on any atom is -0.495 e. The van der Waals surface area contributed by atoms with Crippen molar-refractivity contribution in [1.29, 1.82) is 0 Å². The van der Waals surface area contributed by atoms with Crippen LogP contribution in [0.3, 0.4) is 0 Å². The number of benzene rings is 1. The van der Waals surface area contributed by atoms with Crippen molar-refractivity contribution in [3.05, 3.63) is 63.1 Å². The highest BCUT2D eigenvalue weighted by atomic mass is 35.5. The van der Waals surface area contributed by atoms with Crippen molar-refractivity contribution in [2.45, 2.75) is 79.1 Å². The van der Waals surface area contributed by atoms with Gasteiger partial charge in [-0.2, -0.15) is 0 Å². The summed E-state index contributed by atoms with van der Waals surface area (Å²) in [6.45, 7) is 10.8. The monoisotopic (exact) mass is 673 g/mol. The van der Waals surface area contributed by atoms with Gasteiger partial charge in [0.2, 0.25) is 11.8 Å². The molecule has 0 spiro atoms. The number of carbonyl (C=O) groups is 4. The summed E-state index contributed by atoms with van der Waals surface area (Å²) in [4.78, 5) is 57.8. The lowest BCUT2D eigenvalue weighted by molar-refractivity contribution is -0.178. The maximum atomic E-state index is 13.5. The smallest absolute Gasteiger partial charge is 0.347 e. The molecule has 0 bridgehead atoms. The summed E-state index contributed by atoms with van der Waals surface area (Å²) in [5.41, 5.74) is 0.296. The number of rotatable bonds is 8. The number of nitrogens with zero attached hydrogens (tertiary/aromatic N) is 1. The van der Waals surface area contributed by atoms with Gasteiger partial charge in [0.05, 0.1) is 28.2 Å². The lowest BCUT2D eigenvalue weighted by atomic mass is 9.93. The normalized spacial score (nSPS) is 22.9. The number of amides is 2. The van der Waals surface area contributed by atoms with Gasteiger partial charge >= 0.3 is 11.9 Å². The second-order valence-corrected chi connectivity index (χ2v) is 14.0.